The van der Waals surface area contributed by atoms with Crippen molar-refractivity contribution >= 4 is 11.0 Å². The van der Waals surface area contributed by atoms with Crippen molar-refractivity contribution in [3.63, 3.8) is 0 Å². The van der Waals surface area contributed by atoms with E-state index in [1.165, 1.54) is 24.5 Å². The molecule has 0 saturated heterocycles. The molecule has 0 atom stereocenters. The normalized spacial score (nSPS) is 10.8. The molecule has 3 rings (SSSR count). The molecule has 0 saturated carbocycles. The Morgan fingerprint density at radius 3 is 2.30 bits per heavy atom. The number of hydrogen-bond acceptors (Lipinski definition) is 5. The second-order valence-corrected chi connectivity index (χ2v) is 4.36. The Bertz CT molecular complexity index is 847. The maximum Gasteiger partial charge on any atom is 0.204 e. The Labute approximate surface area is 113 Å². The molecule has 0 fully saturated rings. The van der Waals surface area contributed by atoms with Crippen molar-refractivity contribution in [3.05, 3.63) is 52.9 Å². The average molecular weight is 273 g/mol. The van der Waals surface area contributed by atoms with Crippen molar-refractivity contribution in [3.8, 4) is 28.4 Å². The first kappa shape index (κ1) is 12.1. The Morgan fingerprint density at radius 2 is 1.60 bits per heavy atom. The Kier molecular flexibility index (Phi) is 2.61. The van der Waals surface area contributed by atoms with Gasteiger partial charge in [0, 0.05) is 12.1 Å². The van der Waals surface area contributed by atoms with Crippen LogP contribution in [0.25, 0.3) is 22.1 Å². The van der Waals surface area contributed by atoms with E-state index in [-0.39, 0.29) is 33.8 Å². The van der Waals surface area contributed by atoms with Gasteiger partial charge in [-0.05, 0) is 17.7 Å². The molecule has 0 aliphatic rings. The van der Waals surface area contributed by atoms with E-state index in [0.717, 1.165) is 6.07 Å². The van der Waals surface area contributed by atoms with Crippen LogP contribution >= 0.6 is 0 Å². The lowest BCUT2D eigenvalue weighted by Gasteiger charge is -2.05. The van der Waals surface area contributed by atoms with Crippen LogP contribution < -0.4 is 5.43 Å². The molecule has 5 nitrogen and oxygen atoms in total. The fourth-order valence-electron chi connectivity index (χ4n) is 2.06. The molecule has 5 heteroatoms. The topological polar surface area (TPSA) is 90.9 Å². The summed E-state index contributed by atoms with van der Waals surface area (Å²) >= 11 is 0. The van der Waals surface area contributed by atoms with Crippen LogP contribution in [0.5, 0.6) is 17.2 Å². The molecule has 0 unspecified atom stereocenters. The number of benzene rings is 2. The molecule has 0 spiro atoms. The minimum atomic E-state index is -0.408. The van der Waals surface area contributed by atoms with Crippen LogP contribution in [0.3, 0.4) is 0 Å². The van der Waals surface area contributed by atoms with Gasteiger partial charge in [-0.2, -0.15) is 0 Å². The molecule has 3 N–H and O–H groups in total. The average Bonchev–Trinajstić information content (AvgIpc) is 2.39. The van der Waals surface area contributed by atoms with E-state index in [2.05, 4.69) is 0 Å². The van der Waals surface area contributed by atoms with Gasteiger partial charge in [-0.1, -0.05) is 12.1 Å². The van der Waals surface area contributed by atoms with Crippen LogP contribution in [0.1, 0.15) is 0 Å². The lowest BCUT2D eigenvalue weighted by molar-refractivity contribution is 0.452. The molecular formula is C15H10O5. The van der Waals surface area contributed by atoms with E-state index in [0.29, 0.717) is 5.56 Å². The van der Waals surface area contributed by atoms with Gasteiger partial charge in [0.05, 0.1) is 5.56 Å². The maximum atomic E-state index is 12.4. The van der Waals surface area contributed by atoms with Gasteiger partial charge in [0.2, 0.25) is 5.43 Å². The summed E-state index contributed by atoms with van der Waals surface area (Å²) in [6.45, 7) is 0. The third-order valence-corrected chi connectivity index (χ3v) is 3.02. The predicted octanol–water partition coefficient (Wildman–Crippen LogP) is 2.58. The summed E-state index contributed by atoms with van der Waals surface area (Å²) in [6, 6.07) is 8.40. The van der Waals surface area contributed by atoms with Crippen molar-refractivity contribution in [2.24, 2.45) is 0 Å². The fraction of sp³-hybridized carbons (Fsp3) is 0. The third-order valence-electron chi connectivity index (χ3n) is 3.02. The summed E-state index contributed by atoms with van der Waals surface area (Å²) in [5, 5.41) is 28.4. The molecule has 1 aromatic heterocycles. The highest BCUT2D eigenvalue weighted by Gasteiger charge is 2.13. The lowest BCUT2D eigenvalue weighted by atomic mass is 10.2. The van der Waals surface area contributed by atoms with E-state index in [1.54, 1.807) is 12.1 Å². The molecular weight excluding hydrogens is 263 g/mol. The number of phenolic OH excluding ortho intramolecular Hbond substituents is 3. The Morgan fingerprint density at radius 1 is 0.900 bits per heavy atom. The van der Waals surface area contributed by atoms with Gasteiger partial charge in [-0.15, -0.1) is 0 Å². The number of fused-ring (bicyclic) bond motifs is 1. The quantitative estimate of drug-likeness (QED) is 0.634. The first-order chi connectivity index (χ1) is 9.56. The standard InChI is InChI=1S/C15H10O5/c16-9-3-1-8(2-4-9)11-7-20-13-6-10(17)5-12(18)14(13)15(11)19/h1-7,16-18H/i7+1,11+1,15+1. The molecule has 0 amide bonds. The van der Waals surface area contributed by atoms with Gasteiger partial charge in [0.25, 0.3) is 0 Å². The van der Waals surface area contributed by atoms with Crippen LogP contribution in [-0.2, 0) is 0 Å². The second kappa shape index (κ2) is 4.31. The van der Waals surface area contributed by atoms with Crippen LogP contribution in [0.15, 0.2) is 51.9 Å². The first-order valence-corrected chi connectivity index (χ1v) is 5.83. The van der Waals surface area contributed by atoms with Crippen LogP contribution in [0.4, 0.5) is 0 Å². The van der Waals surface area contributed by atoms with E-state index in [9.17, 15) is 20.1 Å². The van der Waals surface area contributed by atoms with Crippen molar-refractivity contribution in [1.82, 2.24) is 0 Å². The van der Waals surface area contributed by atoms with Gasteiger partial charge in [0.15, 0.2) is 0 Å². The fourth-order valence-corrected chi connectivity index (χ4v) is 2.06. The SMILES string of the molecule is O=[13c]1c2c(O)cc(O)cc2o[13cH][13c]1-c1ccc(O)cc1. The summed E-state index contributed by atoms with van der Waals surface area (Å²) < 4.78 is 5.29. The lowest BCUT2D eigenvalue weighted by Crippen LogP contribution is -2.04. The number of rotatable bonds is 1. The summed E-state index contributed by atoms with van der Waals surface area (Å²) in [5.74, 6) is -0.434. The number of phenols is 3. The highest BCUT2D eigenvalue weighted by molar-refractivity contribution is 5.87. The molecule has 0 aliphatic carbocycles. The summed E-state index contributed by atoms with van der Waals surface area (Å²) in [7, 11) is 0. The van der Waals surface area contributed by atoms with E-state index >= 15 is 0 Å². The van der Waals surface area contributed by atoms with Crippen LogP contribution in [0.2, 0.25) is 0 Å². The van der Waals surface area contributed by atoms with Crippen molar-refractivity contribution in [2.75, 3.05) is 0 Å². The smallest absolute Gasteiger partial charge is 0.204 e. The van der Waals surface area contributed by atoms with Gasteiger partial charge < -0.3 is 19.7 Å². The third kappa shape index (κ3) is 1.85. The zero-order chi connectivity index (χ0) is 14.3. The van der Waals surface area contributed by atoms with Gasteiger partial charge in [0.1, 0.15) is 34.5 Å². The second-order valence-electron chi connectivity index (χ2n) is 4.36. The summed E-state index contributed by atoms with van der Waals surface area (Å²) in [4.78, 5) is 12.4. The molecule has 1 heterocycles. The monoisotopic (exact) mass is 273 g/mol. The highest BCUT2D eigenvalue weighted by atomic mass is 16.4. The largest absolute Gasteiger partial charge is 0.508 e. The van der Waals surface area contributed by atoms with E-state index in [4.69, 9.17) is 4.42 Å². The van der Waals surface area contributed by atoms with E-state index in [1.807, 2.05) is 0 Å². The number of aromatic hydroxyl groups is 3. The van der Waals surface area contributed by atoms with Gasteiger partial charge in [-0.25, -0.2) is 0 Å². The Hall–Kier alpha value is -2.95. The summed E-state index contributed by atoms with van der Waals surface area (Å²) in [5.41, 5.74) is 0.522. The molecule has 3 aromatic rings. The van der Waals surface area contributed by atoms with Crippen LogP contribution in [-0.4, -0.2) is 15.3 Å². The van der Waals surface area contributed by atoms with Gasteiger partial charge in [-0.3, -0.25) is 4.79 Å². The minimum absolute atomic E-state index is 0.00775. The zero-order valence-electron chi connectivity index (χ0n) is 10.2. The minimum Gasteiger partial charge on any atom is -0.508 e. The summed E-state index contributed by atoms with van der Waals surface area (Å²) in [6.07, 6.45) is 1.26. The molecule has 100 valence electrons. The van der Waals surface area contributed by atoms with Gasteiger partial charge >= 0.3 is 0 Å². The van der Waals surface area contributed by atoms with E-state index < -0.39 is 5.43 Å². The molecule has 20 heavy (non-hydrogen) atoms. The molecule has 0 aliphatic heterocycles. The molecule has 2 aromatic carbocycles. The number of hydrogen-bond donors (Lipinski definition) is 3. The predicted molar refractivity (Wildman–Crippen MR) is 72.9 cm³/mol. The zero-order valence-corrected chi connectivity index (χ0v) is 10.2. The van der Waals surface area contributed by atoms with Crippen LogP contribution in [0, 0.1) is 0 Å². The molecule has 0 bridgehead atoms. The highest BCUT2D eigenvalue weighted by Crippen LogP contribution is 2.29. The maximum absolute atomic E-state index is 12.4. The van der Waals surface area contributed by atoms with Crippen molar-refractivity contribution < 1.29 is 19.7 Å². The van der Waals surface area contributed by atoms with Crippen molar-refractivity contribution in [1.29, 1.82) is 0 Å². The first-order valence-electron chi connectivity index (χ1n) is 5.83. The Balaban J connectivity index is 2.31. The van der Waals surface area contributed by atoms with Crippen molar-refractivity contribution in [2.45, 2.75) is 0 Å². The molecule has 0 radical (unpaired) electrons.